The Morgan fingerprint density at radius 3 is 0.760 bits per heavy atom. The molecule has 0 unspecified atom stereocenters. The molecule has 4 aromatic heterocycles. The van der Waals surface area contributed by atoms with E-state index in [0.717, 1.165) is 0 Å². The summed E-state index contributed by atoms with van der Waals surface area (Å²) in [6.07, 6.45) is 0. The second kappa shape index (κ2) is 21.5. The molecule has 13 aromatic carbocycles. The molecule has 4 heterocycles. The van der Waals surface area contributed by atoms with Gasteiger partial charge in [-0.25, -0.2) is 0 Å². The van der Waals surface area contributed by atoms with Gasteiger partial charge in [-0.2, -0.15) is 0 Å². The maximum Gasteiger partial charge on any atom is 0.0634 e. The molecule has 2 heteroatoms. The van der Waals surface area contributed by atoms with Crippen molar-refractivity contribution in [1.29, 1.82) is 0 Å². The van der Waals surface area contributed by atoms with Gasteiger partial charge in [-0.3, -0.25) is 0 Å². The Hall–Kier alpha value is -10.5. The molecule has 0 spiro atoms. The normalized spacial score (nSPS) is 12.8. The molecule has 466 valence electrons. The Morgan fingerprint density at radius 1 is 0.198 bits per heavy atom. The first kappa shape index (κ1) is 59.2. The van der Waals surface area contributed by atoms with Crippen LogP contribution in [0, 0.1) is 0 Å². The Labute approximate surface area is 564 Å². The Morgan fingerprint density at radius 2 is 0.469 bits per heavy atom. The summed E-state index contributed by atoms with van der Waals surface area (Å²) < 4.78 is 5.45. The first-order valence-electron chi connectivity index (χ1n) is 34.4. The van der Waals surface area contributed by atoms with Crippen molar-refractivity contribution in [3.63, 3.8) is 0 Å². The molecule has 0 atom stereocenters. The van der Waals surface area contributed by atoms with Crippen LogP contribution in [0.3, 0.4) is 0 Å². The van der Waals surface area contributed by atoms with Crippen molar-refractivity contribution in [2.24, 2.45) is 0 Å². The predicted octanol–water partition coefficient (Wildman–Crippen LogP) is 26.5. The fourth-order valence-electron chi connectivity index (χ4n) is 16.0. The van der Waals surface area contributed by atoms with Crippen LogP contribution in [-0.2, 0) is 21.7 Å². The zero-order valence-corrected chi connectivity index (χ0v) is 57.3. The van der Waals surface area contributed by atoms with Gasteiger partial charge in [0, 0.05) is 54.2 Å². The SMILES string of the molecule is CC(C)(C)c1cc(-c2ccc3c4c5c6cccc(-c7c(-c8ccccc8)cccc7-c7ccccc7)c6n6c7cc(-c8cc(C(C)(C)C)cc(C(C)(C)C)c8)ccc7c(c7c8cccc(-c9c(-c%10ccccc%10)cccc9-c9ccccc9)c8n(c3c2)c47)c56)cc(C(C)(C)C)c1. The van der Waals surface area contributed by atoms with Crippen molar-refractivity contribution in [1.82, 2.24) is 8.80 Å². The molecule has 0 aliphatic carbocycles. The van der Waals surface area contributed by atoms with Gasteiger partial charge < -0.3 is 8.80 Å². The molecule has 0 bridgehead atoms. The average Bonchev–Trinajstić information content (AvgIpc) is 1.48. The summed E-state index contributed by atoms with van der Waals surface area (Å²) in [5.41, 5.74) is 31.8. The van der Waals surface area contributed by atoms with Crippen LogP contribution in [0.5, 0.6) is 0 Å². The van der Waals surface area contributed by atoms with Crippen LogP contribution in [0.25, 0.3) is 165 Å². The predicted molar refractivity (Wildman–Crippen MR) is 414 cm³/mol. The quantitative estimate of drug-likeness (QED) is 0.143. The summed E-state index contributed by atoms with van der Waals surface area (Å²) >= 11 is 0. The minimum absolute atomic E-state index is 0.0571. The van der Waals surface area contributed by atoms with E-state index >= 15 is 0 Å². The smallest absolute Gasteiger partial charge is 0.0634 e. The molecule has 2 nitrogen and oxygen atoms in total. The van der Waals surface area contributed by atoms with Crippen molar-refractivity contribution in [3.8, 4) is 89.0 Å². The van der Waals surface area contributed by atoms with Crippen molar-refractivity contribution >= 4 is 76.2 Å². The number of rotatable bonds is 8. The van der Waals surface area contributed by atoms with Crippen LogP contribution in [0.2, 0.25) is 0 Å². The van der Waals surface area contributed by atoms with Gasteiger partial charge in [0.15, 0.2) is 0 Å². The minimum atomic E-state index is -0.0571. The van der Waals surface area contributed by atoms with Crippen molar-refractivity contribution < 1.29 is 0 Å². The zero-order chi connectivity index (χ0) is 65.9. The summed E-state index contributed by atoms with van der Waals surface area (Å²) in [5, 5.41) is 10.1. The molecule has 17 rings (SSSR count). The fraction of sp³-hybridized carbons (Fsp3) is 0.170. The molecule has 0 saturated heterocycles. The number of fused-ring (bicyclic) bond motifs is 14. The summed E-state index contributed by atoms with van der Waals surface area (Å²) in [6.45, 7) is 28.2. The first-order chi connectivity index (χ1) is 46.2. The van der Waals surface area contributed by atoms with E-state index in [-0.39, 0.29) is 21.7 Å². The molecule has 0 aliphatic heterocycles. The molecule has 17 aromatic rings. The highest BCUT2D eigenvalue weighted by molar-refractivity contribution is 6.46. The topological polar surface area (TPSA) is 8.82 Å². The lowest BCUT2D eigenvalue weighted by Gasteiger charge is -2.26. The first-order valence-corrected chi connectivity index (χ1v) is 34.4. The molecule has 0 amide bonds. The summed E-state index contributed by atoms with van der Waals surface area (Å²) in [6, 6.07) is 102. The number of aromatic nitrogens is 2. The lowest BCUT2D eigenvalue weighted by atomic mass is 9.79. The van der Waals surface area contributed by atoms with Crippen molar-refractivity contribution in [3.05, 3.63) is 289 Å². The number of para-hydroxylation sites is 2. The van der Waals surface area contributed by atoms with E-state index in [0.29, 0.717) is 0 Å². The summed E-state index contributed by atoms with van der Waals surface area (Å²) in [4.78, 5) is 0. The van der Waals surface area contributed by atoms with Crippen LogP contribution >= 0.6 is 0 Å². The second-order valence-electron chi connectivity index (χ2n) is 31.3. The Kier molecular flexibility index (Phi) is 13.3. The zero-order valence-electron chi connectivity index (χ0n) is 57.3. The van der Waals surface area contributed by atoms with E-state index in [2.05, 4.69) is 359 Å². The van der Waals surface area contributed by atoms with Gasteiger partial charge in [-0.05, 0) is 134 Å². The van der Waals surface area contributed by atoms with E-state index in [4.69, 9.17) is 0 Å². The maximum atomic E-state index is 2.72. The number of nitrogens with zero attached hydrogens (tertiary/aromatic N) is 2. The van der Waals surface area contributed by atoms with Crippen molar-refractivity contribution in [2.75, 3.05) is 0 Å². The third kappa shape index (κ3) is 9.27. The Bertz CT molecular complexity index is 5380. The third-order valence-corrected chi connectivity index (χ3v) is 21.0. The van der Waals surface area contributed by atoms with E-state index < -0.39 is 0 Å². The molecule has 0 fully saturated rings. The lowest BCUT2D eigenvalue weighted by Crippen LogP contribution is -2.16. The average molecular weight is 1240 g/mol. The highest BCUT2D eigenvalue weighted by Crippen LogP contribution is 2.57. The third-order valence-electron chi connectivity index (χ3n) is 21.0. The van der Waals surface area contributed by atoms with Gasteiger partial charge in [0.05, 0.1) is 33.1 Å². The van der Waals surface area contributed by atoms with Crippen LogP contribution in [0.4, 0.5) is 0 Å². The van der Waals surface area contributed by atoms with Gasteiger partial charge in [0.2, 0.25) is 0 Å². The molecule has 0 saturated carbocycles. The van der Waals surface area contributed by atoms with E-state index in [9.17, 15) is 0 Å². The van der Waals surface area contributed by atoms with E-state index in [1.165, 1.54) is 187 Å². The van der Waals surface area contributed by atoms with Crippen LogP contribution in [0.15, 0.2) is 267 Å². The molecule has 96 heavy (non-hydrogen) atoms. The Balaban J connectivity index is 1.10. The minimum Gasteiger partial charge on any atom is -0.307 e. The molecule has 0 aliphatic rings. The number of benzene rings is 13. The molecule has 0 N–H and O–H groups in total. The fourth-order valence-corrected chi connectivity index (χ4v) is 16.0. The van der Waals surface area contributed by atoms with E-state index in [1.54, 1.807) is 0 Å². The number of hydrogen-bond acceptors (Lipinski definition) is 0. The highest BCUT2D eigenvalue weighted by Gasteiger charge is 2.33. The van der Waals surface area contributed by atoms with Crippen LogP contribution in [0.1, 0.15) is 105 Å². The van der Waals surface area contributed by atoms with Gasteiger partial charge in [0.25, 0.3) is 0 Å². The molecule has 0 radical (unpaired) electrons. The number of hydrogen-bond donors (Lipinski definition) is 0. The van der Waals surface area contributed by atoms with Gasteiger partial charge >= 0.3 is 0 Å². The maximum absolute atomic E-state index is 2.72. The van der Waals surface area contributed by atoms with Gasteiger partial charge in [0.1, 0.15) is 0 Å². The second-order valence-corrected chi connectivity index (χ2v) is 31.3. The van der Waals surface area contributed by atoms with E-state index in [1.807, 2.05) is 0 Å². The molecular formula is C94H80N2. The molecular weight excluding hydrogens is 1160 g/mol. The highest BCUT2D eigenvalue weighted by atomic mass is 14.9. The monoisotopic (exact) mass is 1240 g/mol. The summed E-state index contributed by atoms with van der Waals surface area (Å²) in [5.74, 6) is 0. The van der Waals surface area contributed by atoms with Crippen LogP contribution < -0.4 is 0 Å². The van der Waals surface area contributed by atoms with Gasteiger partial charge in [-0.1, -0.05) is 338 Å². The standard InChI is InChI=1S/C94H80N2/c1-91(2,3)65-49-63(50-66(55-65)92(4,5)6)61-45-47-73-79(53-61)95-87-75(81-69(57-29-17-13-18-30-57)37-25-38-70(81)58-31-19-14-20-32-58)41-27-43-77(87)86-84-74-48-46-62(64-51-67(93(7,8)9)56-68(52-64)94(10,11)12)54-80(74)96-88-76(42-28-44-78(88)85(90(84)96)83(73)89(86)95)82-71(59-33-21-15-22-34-59)39-26-40-72(82)60-35-23-16-24-36-60/h13-56H,1-12H3. The van der Waals surface area contributed by atoms with Crippen molar-refractivity contribution in [2.45, 2.75) is 105 Å². The summed E-state index contributed by atoms with van der Waals surface area (Å²) in [7, 11) is 0. The lowest BCUT2D eigenvalue weighted by molar-refractivity contribution is 0.568. The largest absolute Gasteiger partial charge is 0.307 e. The van der Waals surface area contributed by atoms with Crippen LogP contribution in [-0.4, -0.2) is 8.80 Å². The van der Waals surface area contributed by atoms with Gasteiger partial charge in [-0.15, -0.1) is 0 Å².